The SMILES string of the molecule is CS(=O)(=O)C1CSCCN1C[C@H]1CCCN1. The predicted octanol–water partition coefficient (Wildman–Crippen LogP) is 0.158. The minimum Gasteiger partial charge on any atom is -0.313 e. The second kappa shape index (κ2) is 5.25. The van der Waals surface area contributed by atoms with E-state index >= 15 is 0 Å². The molecule has 2 heterocycles. The van der Waals surface area contributed by atoms with Gasteiger partial charge in [-0.2, -0.15) is 11.8 Å². The average molecular weight is 264 g/mol. The fourth-order valence-corrected chi connectivity index (χ4v) is 5.37. The highest BCUT2D eigenvalue weighted by atomic mass is 32.2. The molecule has 16 heavy (non-hydrogen) atoms. The lowest BCUT2D eigenvalue weighted by atomic mass is 10.2. The second-order valence-corrected chi connectivity index (χ2v) is 8.00. The monoisotopic (exact) mass is 264 g/mol. The summed E-state index contributed by atoms with van der Waals surface area (Å²) in [5.41, 5.74) is 0. The van der Waals surface area contributed by atoms with Crippen LogP contribution in [0.15, 0.2) is 0 Å². The van der Waals surface area contributed by atoms with E-state index in [1.54, 1.807) is 11.8 Å². The first kappa shape index (κ1) is 12.7. The lowest BCUT2D eigenvalue weighted by Crippen LogP contribution is -2.51. The maximum Gasteiger partial charge on any atom is 0.164 e. The zero-order valence-electron chi connectivity index (χ0n) is 9.68. The van der Waals surface area contributed by atoms with E-state index in [0.29, 0.717) is 6.04 Å². The summed E-state index contributed by atoms with van der Waals surface area (Å²) >= 11 is 1.75. The summed E-state index contributed by atoms with van der Waals surface area (Å²) in [4.78, 5) is 2.15. The molecule has 0 bridgehead atoms. The van der Waals surface area contributed by atoms with Crippen LogP contribution in [0.4, 0.5) is 0 Å². The van der Waals surface area contributed by atoms with E-state index < -0.39 is 9.84 Å². The minimum absolute atomic E-state index is 0.270. The summed E-state index contributed by atoms with van der Waals surface area (Å²) in [5, 5.41) is 3.16. The molecule has 1 unspecified atom stereocenters. The maximum absolute atomic E-state index is 11.7. The molecule has 0 aromatic carbocycles. The molecule has 2 saturated heterocycles. The van der Waals surface area contributed by atoms with Crippen LogP contribution in [0.3, 0.4) is 0 Å². The molecule has 2 atom stereocenters. The Labute approximate surface area is 102 Å². The lowest BCUT2D eigenvalue weighted by molar-refractivity contribution is 0.246. The van der Waals surface area contributed by atoms with Crippen molar-refractivity contribution in [3.05, 3.63) is 0 Å². The molecule has 6 heteroatoms. The Kier molecular flexibility index (Phi) is 4.15. The molecule has 2 aliphatic rings. The zero-order chi connectivity index (χ0) is 11.6. The third kappa shape index (κ3) is 3.12. The lowest BCUT2D eigenvalue weighted by Gasteiger charge is -2.35. The molecule has 2 fully saturated rings. The van der Waals surface area contributed by atoms with Gasteiger partial charge in [-0.3, -0.25) is 4.90 Å². The molecule has 0 radical (unpaired) electrons. The van der Waals surface area contributed by atoms with Gasteiger partial charge in [0.05, 0.1) is 0 Å². The van der Waals surface area contributed by atoms with Gasteiger partial charge in [-0.05, 0) is 19.4 Å². The average Bonchev–Trinajstić information content (AvgIpc) is 2.70. The van der Waals surface area contributed by atoms with Gasteiger partial charge in [-0.25, -0.2) is 8.42 Å². The Morgan fingerprint density at radius 1 is 1.50 bits per heavy atom. The fourth-order valence-electron chi connectivity index (χ4n) is 2.41. The van der Waals surface area contributed by atoms with Crippen molar-refractivity contribution < 1.29 is 8.42 Å². The van der Waals surface area contributed by atoms with Crippen molar-refractivity contribution >= 4 is 21.6 Å². The number of hydrogen-bond acceptors (Lipinski definition) is 5. The smallest absolute Gasteiger partial charge is 0.164 e. The normalized spacial score (nSPS) is 33.1. The van der Waals surface area contributed by atoms with E-state index in [0.717, 1.165) is 31.1 Å². The molecule has 4 nitrogen and oxygen atoms in total. The molecular weight excluding hydrogens is 244 g/mol. The van der Waals surface area contributed by atoms with Gasteiger partial charge in [0.2, 0.25) is 0 Å². The van der Waals surface area contributed by atoms with Crippen LogP contribution in [0.5, 0.6) is 0 Å². The molecule has 0 saturated carbocycles. The zero-order valence-corrected chi connectivity index (χ0v) is 11.3. The van der Waals surface area contributed by atoms with Gasteiger partial charge in [0.25, 0.3) is 0 Å². The number of thioether (sulfide) groups is 1. The third-order valence-corrected chi connectivity index (χ3v) is 5.99. The topological polar surface area (TPSA) is 49.4 Å². The molecule has 2 aliphatic heterocycles. The highest BCUT2D eigenvalue weighted by Crippen LogP contribution is 2.21. The summed E-state index contributed by atoms with van der Waals surface area (Å²) < 4.78 is 23.4. The highest BCUT2D eigenvalue weighted by Gasteiger charge is 2.32. The predicted molar refractivity (Wildman–Crippen MR) is 68.6 cm³/mol. The fraction of sp³-hybridized carbons (Fsp3) is 1.00. The van der Waals surface area contributed by atoms with Gasteiger partial charge in [-0.1, -0.05) is 0 Å². The summed E-state index contributed by atoms with van der Waals surface area (Å²) in [6.07, 6.45) is 3.76. The van der Waals surface area contributed by atoms with Crippen molar-refractivity contribution in [1.29, 1.82) is 0 Å². The third-order valence-electron chi connectivity index (χ3n) is 3.30. The molecule has 94 valence electrons. The molecule has 0 aromatic heterocycles. The number of nitrogens with zero attached hydrogens (tertiary/aromatic N) is 1. The van der Waals surface area contributed by atoms with E-state index in [1.807, 2.05) is 0 Å². The Morgan fingerprint density at radius 3 is 2.94 bits per heavy atom. The largest absolute Gasteiger partial charge is 0.313 e. The van der Waals surface area contributed by atoms with Crippen molar-refractivity contribution in [2.45, 2.75) is 24.3 Å². The van der Waals surface area contributed by atoms with E-state index in [9.17, 15) is 8.42 Å². The first-order valence-electron chi connectivity index (χ1n) is 5.81. The quantitative estimate of drug-likeness (QED) is 0.787. The molecule has 0 aromatic rings. The summed E-state index contributed by atoms with van der Waals surface area (Å²) in [5.74, 6) is 1.78. The molecule has 0 amide bonds. The minimum atomic E-state index is -2.94. The Balaban J connectivity index is 1.98. The first-order valence-corrected chi connectivity index (χ1v) is 8.92. The van der Waals surface area contributed by atoms with Crippen LogP contribution in [0.1, 0.15) is 12.8 Å². The summed E-state index contributed by atoms with van der Waals surface area (Å²) in [6, 6.07) is 0.493. The van der Waals surface area contributed by atoms with Crippen molar-refractivity contribution in [3.8, 4) is 0 Å². The van der Waals surface area contributed by atoms with Gasteiger partial charge >= 0.3 is 0 Å². The van der Waals surface area contributed by atoms with Crippen molar-refractivity contribution in [2.24, 2.45) is 0 Å². The van der Waals surface area contributed by atoms with Crippen LogP contribution in [-0.2, 0) is 9.84 Å². The van der Waals surface area contributed by atoms with E-state index in [2.05, 4.69) is 10.2 Å². The first-order chi connectivity index (χ1) is 7.57. The van der Waals surface area contributed by atoms with Gasteiger partial charge < -0.3 is 5.32 Å². The number of hydrogen-bond donors (Lipinski definition) is 1. The molecular formula is C10H20N2O2S2. The Morgan fingerprint density at radius 2 is 2.31 bits per heavy atom. The maximum atomic E-state index is 11.7. The molecule has 1 N–H and O–H groups in total. The molecule has 2 rings (SSSR count). The van der Waals surface area contributed by atoms with E-state index in [1.165, 1.54) is 19.1 Å². The van der Waals surface area contributed by atoms with Gasteiger partial charge in [0.1, 0.15) is 5.37 Å². The Bertz CT molecular complexity index is 326. The van der Waals surface area contributed by atoms with E-state index in [4.69, 9.17) is 0 Å². The highest BCUT2D eigenvalue weighted by molar-refractivity contribution is 8.00. The van der Waals surface area contributed by atoms with Crippen molar-refractivity contribution in [2.75, 3.05) is 37.4 Å². The van der Waals surface area contributed by atoms with Gasteiger partial charge in [0.15, 0.2) is 9.84 Å². The molecule has 0 aliphatic carbocycles. The van der Waals surface area contributed by atoms with Crippen LogP contribution in [-0.4, -0.2) is 62.1 Å². The molecule has 0 spiro atoms. The van der Waals surface area contributed by atoms with Crippen LogP contribution in [0, 0.1) is 0 Å². The van der Waals surface area contributed by atoms with Crippen molar-refractivity contribution in [3.63, 3.8) is 0 Å². The summed E-state index contributed by atoms with van der Waals surface area (Å²) in [6.45, 7) is 2.87. The van der Waals surface area contributed by atoms with Gasteiger partial charge in [0, 0.05) is 36.9 Å². The summed E-state index contributed by atoms with van der Waals surface area (Å²) in [7, 11) is -2.94. The van der Waals surface area contributed by atoms with Crippen LogP contribution in [0.25, 0.3) is 0 Å². The van der Waals surface area contributed by atoms with Gasteiger partial charge in [-0.15, -0.1) is 0 Å². The Hall–Kier alpha value is 0.220. The number of nitrogens with one attached hydrogen (secondary N) is 1. The standard InChI is InChI=1S/C10H20N2O2S2/c1-16(13,14)10-8-15-6-5-12(10)7-9-3-2-4-11-9/h9-11H,2-8H2,1H3/t9-,10?/m1/s1. The van der Waals surface area contributed by atoms with Crippen molar-refractivity contribution in [1.82, 2.24) is 10.2 Å². The van der Waals surface area contributed by atoms with E-state index in [-0.39, 0.29) is 5.37 Å². The number of rotatable bonds is 3. The van der Waals surface area contributed by atoms with Crippen LogP contribution in [0.2, 0.25) is 0 Å². The van der Waals surface area contributed by atoms with Crippen LogP contribution < -0.4 is 5.32 Å². The van der Waals surface area contributed by atoms with Crippen LogP contribution >= 0.6 is 11.8 Å². The second-order valence-electron chi connectivity index (χ2n) is 4.65. The number of sulfone groups is 1.